The number of rotatable bonds is 3. The second kappa shape index (κ2) is 5.34. The number of piperidine rings is 1. The Morgan fingerprint density at radius 3 is 2.84 bits per heavy atom. The van der Waals surface area contributed by atoms with Crippen LogP contribution in [0, 0.1) is 5.82 Å². The van der Waals surface area contributed by atoms with Gasteiger partial charge in [0.2, 0.25) is 0 Å². The molecule has 1 atom stereocenters. The van der Waals surface area contributed by atoms with Gasteiger partial charge in [-0.05, 0) is 31.9 Å². The average molecular weight is 288 g/mol. The first-order chi connectivity index (χ1) is 8.90. The lowest BCUT2D eigenvalue weighted by Crippen LogP contribution is -2.44. The Balaban J connectivity index is 2.23. The fourth-order valence-electron chi connectivity index (χ4n) is 2.22. The summed E-state index contributed by atoms with van der Waals surface area (Å²) in [7, 11) is -3.77. The van der Waals surface area contributed by atoms with E-state index in [1.165, 1.54) is 4.31 Å². The normalized spacial score (nSPS) is 21.3. The highest BCUT2D eigenvalue weighted by atomic mass is 32.2. The third-order valence-electron chi connectivity index (χ3n) is 3.25. The van der Waals surface area contributed by atoms with Gasteiger partial charge in [-0.1, -0.05) is 6.42 Å². The van der Waals surface area contributed by atoms with Crippen molar-refractivity contribution < 1.29 is 17.9 Å². The maximum atomic E-state index is 13.1. The molecule has 1 heterocycles. The molecule has 0 spiro atoms. The topological polar surface area (TPSA) is 69.6 Å². The van der Waals surface area contributed by atoms with Crippen LogP contribution in [0.15, 0.2) is 18.2 Å². The number of phenols is 1. The molecule has 1 fully saturated rings. The largest absolute Gasteiger partial charge is 0.506 e. The van der Waals surface area contributed by atoms with E-state index in [0.717, 1.165) is 37.5 Å². The van der Waals surface area contributed by atoms with Crippen LogP contribution in [-0.4, -0.2) is 30.4 Å². The maximum absolute atomic E-state index is 13.1. The van der Waals surface area contributed by atoms with E-state index >= 15 is 0 Å². The summed E-state index contributed by atoms with van der Waals surface area (Å²) < 4.78 is 41.1. The van der Waals surface area contributed by atoms with E-state index in [4.69, 9.17) is 0 Å². The molecule has 1 saturated heterocycles. The summed E-state index contributed by atoms with van der Waals surface area (Å²) in [6, 6.07) is 3.05. The van der Waals surface area contributed by atoms with Crippen molar-refractivity contribution in [3.63, 3.8) is 0 Å². The van der Waals surface area contributed by atoms with Crippen LogP contribution in [0.25, 0.3) is 0 Å². The highest BCUT2D eigenvalue weighted by molar-refractivity contribution is 7.90. The zero-order valence-electron chi connectivity index (χ0n) is 10.6. The van der Waals surface area contributed by atoms with Gasteiger partial charge in [0.15, 0.2) is 0 Å². The molecule has 19 heavy (non-hydrogen) atoms. The lowest BCUT2D eigenvalue weighted by Gasteiger charge is -2.32. The molecule has 2 rings (SSSR count). The molecule has 7 heteroatoms. The van der Waals surface area contributed by atoms with Gasteiger partial charge in [0, 0.05) is 18.7 Å². The van der Waals surface area contributed by atoms with Gasteiger partial charge in [0.25, 0.3) is 0 Å². The summed E-state index contributed by atoms with van der Waals surface area (Å²) in [6.45, 7) is 2.27. The van der Waals surface area contributed by atoms with E-state index in [0.29, 0.717) is 6.54 Å². The molecule has 0 radical (unpaired) electrons. The molecule has 1 aromatic carbocycles. The van der Waals surface area contributed by atoms with Crippen LogP contribution in [-0.2, 0) is 10.2 Å². The zero-order chi connectivity index (χ0) is 14.0. The molecular formula is C12H17FN2O3S. The van der Waals surface area contributed by atoms with Crippen LogP contribution in [0.1, 0.15) is 26.2 Å². The number of nitrogens with one attached hydrogen (secondary N) is 1. The molecule has 106 valence electrons. The first-order valence-electron chi connectivity index (χ1n) is 6.18. The molecule has 1 unspecified atom stereocenters. The molecule has 0 bridgehead atoms. The Bertz CT molecular complexity index is 562. The number of aromatic hydroxyl groups is 1. The third kappa shape index (κ3) is 3.16. The molecule has 0 saturated carbocycles. The molecule has 0 amide bonds. The van der Waals surface area contributed by atoms with Crippen molar-refractivity contribution in [3.8, 4) is 5.75 Å². The maximum Gasteiger partial charge on any atom is 0.302 e. The van der Waals surface area contributed by atoms with E-state index in [1.807, 2.05) is 6.92 Å². The van der Waals surface area contributed by atoms with Crippen molar-refractivity contribution in [3.05, 3.63) is 24.0 Å². The van der Waals surface area contributed by atoms with E-state index in [1.54, 1.807) is 0 Å². The average Bonchev–Trinajstić information content (AvgIpc) is 2.34. The first-order valence-corrected chi connectivity index (χ1v) is 7.62. The first kappa shape index (κ1) is 14.1. The third-order valence-corrected chi connectivity index (χ3v) is 4.89. The molecular weight excluding hydrogens is 271 g/mol. The second-order valence-corrected chi connectivity index (χ2v) is 6.35. The monoisotopic (exact) mass is 288 g/mol. The predicted molar refractivity (Wildman–Crippen MR) is 70.6 cm³/mol. The lowest BCUT2D eigenvalue weighted by atomic mass is 10.1. The Hall–Kier alpha value is -1.34. The fraction of sp³-hybridized carbons (Fsp3) is 0.500. The number of anilines is 1. The molecule has 5 nitrogen and oxygen atoms in total. The van der Waals surface area contributed by atoms with Crippen molar-refractivity contribution in [2.75, 3.05) is 11.3 Å². The summed E-state index contributed by atoms with van der Waals surface area (Å²) in [5.41, 5.74) is -0.141. The summed E-state index contributed by atoms with van der Waals surface area (Å²) >= 11 is 0. The molecule has 1 aliphatic rings. The predicted octanol–water partition coefficient (Wildman–Crippen LogP) is 2.06. The van der Waals surface area contributed by atoms with Crippen molar-refractivity contribution in [1.29, 1.82) is 0 Å². The molecule has 2 N–H and O–H groups in total. The number of halogens is 1. The van der Waals surface area contributed by atoms with Gasteiger partial charge < -0.3 is 5.11 Å². The Morgan fingerprint density at radius 1 is 1.42 bits per heavy atom. The van der Waals surface area contributed by atoms with Crippen LogP contribution in [0.2, 0.25) is 0 Å². The van der Waals surface area contributed by atoms with Gasteiger partial charge in [0.05, 0.1) is 5.69 Å². The van der Waals surface area contributed by atoms with Crippen LogP contribution >= 0.6 is 0 Å². The van der Waals surface area contributed by atoms with Gasteiger partial charge in [-0.25, -0.2) is 4.39 Å². The Kier molecular flexibility index (Phi) is 3.96. The number of phenolic OH excluding ortho intramolecular Hbond substituents is 1. The Morgan fingerprint density at radius 2 is 2.16 bits per heavy atom. The van der Waals surface area contributed by atoms with Gasteiger partial charge in [-0.2, -0.15) is 12.7 Å². The van der Waals surface area contributed by atoms with Gasteiger partial charge in [-0.15, -0.1) is 0 Å². The summed E-state index contributed by atoms with van der Waals surface area (Å²) in [5, 5.41) is 9.55. The van der Waals surface area contributed by atoms with Crippen LogP contribution in [0.4, 0.5) is 10.1 Å². The summed E-state index contributed by atoms with van der Waals surface area (Å²) in [5.74, 6) is -0.906. The van der Waals surface area contributed by atoms with Crippen LogP contribution in [0.3, 0.4) is 0 Å². The lowest BCUT2D eigenvalue weighted by molar-refractivity contribution is 0.270. The minimum absolute atomic E-state index is 0.0954. The van der Waals surface area contributed by atoms with Gasteiger partial charge in [-0.3, -0.25) is 4.72 Å². The number of benzene rings is 1. The minimum atomic E-state index is -3.77. The standard InChI is InChI=1S/C12H17FN2O3S/c1-9-4-2-3-7-15(9)19(17,18)14-11-8-10(13)5-6-12(11)16/h5-6,8-9,14,16H,2-4,7H2,1H3. The smallest absolute Gasteiger partial charge is 0.302 e. The minimum Gasteiger partial charge on any atom is -0.506 e. The quantitative estimate of drug-likeness (QED) is 0.836. The molecule has 0 aromatic heterocycles. The number of nitrogens with zero attached hydrogens (tertiary/aromatic N) is 1. The highest BCUT2D eigenvalue weighted by Gasteiger charge is 2.30. The van der Waals surface area contributed by atoms with E-state index in [9.17, 15) is 17.9 Å². The highest BCUT2D eigenvalue weighted by Crippen LogP contribution is 2.27. The fourth-order valence-corrected chi connectivity index (χ4v) is 3.72. The Labute approximate surface area is 112 Å². The number of hydrogen-bond donors (Lipinski definition) is 2. The molecule has 0 aliphatic carbocycles. The SMILES string of the molecule is CC1CCCCN1S(=O)(=O)Nc1cc(F)ccc1O. The van der Waals surface area contributed by atoms with E-state index in [2.05, 4.69) is 4.72 Å². The van der Waals surface area contributed by atoms with Crippen molar-refractivity contribution in [2.24, 2.45) is 0 Å². The van der Waals surface area contributed by atoms with Crippen molar-refractivity contribution in [1.82, 2.24) is 4.31 Å². The van der Waals surface area contributed by atoms with E-state index in [-0.39, 0.29) is 17.5 Å². The molecule has 1 aliphatic heterocycles. The van der Waals surface area contributed by atoms with Gasteiger partial charge in [0.1, 0.15) is 11.6 Å². The van der Waals surface area contributed by atoms with Gasteiger partial charge >= 0.3 is 10.2 Å². The van der Waals surface area contributed by atoms with Crippen LogP contribution < -0.4 is 4.72 Å². The van der Waals surface area contributed by atoms with Crippen LogP contribution in [0.5, 0.6) is 5.75 Å². The van der Waals surface area contributed by atoms with Crippen molar-refractivity contribution >= 4 is 15.9 Å². The summed E-state index contributed by atoms with van der Waals surface area (Å²) in [6.07, 6.45) is 2.61. The second-order valence-electron chi connectivity index (χ2n) is 4.72. The number of hydrogen-bond acceptors (Lipinski definition) is 3. The zero-order valence-corrected chi connectivity index (χ0v) is 11.5. The van der Waals surface area contributed by atoms with Crippen molar-refractivity contribution in [2.45, 2.75) is 32.2 Å². The molecule has 1 aromatic rings. The summed E-state index contributed by atoms with van der Waals surface area (Å²) in [4.78, 5) is 0. The van der Waals surface area contributed by atoms with E-state index < -0.39 is 16.0 Å².